The molecule has 0 aliphatic carbocycles. The summed E-state index contributed by atoms with van der Waals surface area (Å²) in [7, 11) is 1.92. The number of pyridine rings is 1. The Morgan fingerprint density at radius 3 is 2.82 bits per heavy atom. The highest BCUT2D eigenvalue weighted by molar-refractivity contribution is 5.88. The number of nitrogens with zero attached hydrogens (tertiary/aromatic N) is 8. The van der Waals surface area contributed by atoms with E-state index in [1.807, 2.05) is 48.8 Å². The standard InChI is InChI=1S/C20H22N8/c1-26-19-17(11-23-26)20(25-18(24-19)16-4-6-21-7-5-16)28-9-2-3-15(13-28)12-27-10-8-22-14-27/h4-8,10-11,14-15H,2-3,9,12-13H2,1H3/t15-/m0/s1. The van der Waals surface area contributed by atoms with Crippen molar-refractivity contribution in [3.05, 3.63) is 49.4 Å². The highest BCUT2D eigenvalue weighted by atomic mass is 15.3. The van der Waals surface area contributed by atoms with Gasteiger partial charge in [-0.25, -0.2) is 15.0 Å². The van der Waals surface area contributed by atoms with Crippen LogP contribution < -0.4 is 4.90 Å². The van der Waals surface area contributed by atoms with Gasteiger partial charge in [-0.1, -0.05) is 0 Å². The number of fused-ring (bicyclic) bond motifs is 1. The SMILES string of the molecule is Cn1ncc2c(N3CCC[C@@H](Cn4ccnc4)C3)nc(-c3ccncc3)nc21. The van der Waals surface area contributed by atoms with Gasteiger partial charge < -0.3 is 9.47 Å². The monoisotopic (exact) mass is 374 g/mol. The lowest BCUT2D eigenvalue weighted by Gasteiger charge is -2.34. The third kappa shape index (κ3) is 3.11. The molecule has 28 heavy (non-hydrogen) atoms. The number of aromatic nitrogens is 7. The lowest BCUT2D eigenvalue weighted by Crippen LogP contribution is -2.37. The van der Waals surface area contributed by atoms with Crippen molar-refractivity contribution in [3.63, 3.8) is 0 Å². The Bertz CT molecular complexity index is 1070. The molecule has 0 unspecified atom stereocenters. The first kappa shape index (κ1) is 16.9. The van der Waals surface area contributed by atoms with Crippen molar-refractivity contribution in [2.75, 3.05) is 18.0 Å². The van der Waals surface area contributed by atoms with Gasteiger partial charge in [-0.05, 0) is 30.9 Å². The fourth-order valence-electron chi connectivity index (χ4n) is 3.98. The van der Waals surface area contributed by atoms with Crippen LogP contribution in [0.15, 0.2) is 49.4 Å². The Hall–Kier alpha value is -3.29. The number of imidazole rings is 1. The largest absolute Gasteiger partial charge is 0.356 e. The van der Waals surface area contributed by atoms with Crippen molar-refractivity contribution in [2.45, 2.75) is 19.4 Å². The van der Waals surface area contributed by atoms with Crippen LogP contribution in [0.1, 0.15) is 12.8 Å². The molecule has 8 heteroatoms. The predicted octanol–water partition coefficient (Wildman–Crippen LogP) is 2.54. The molecule has 4 aromatic rings. The first-order valence-electron chi connectivity index (χ1n) is 9.59. The predicted molar refractivity (Wildman–Crippen MR) is 107 cm³/mol. The Morgan fingerprint density at radius 1 is 1.11 bits per heavy atom. The van der Waals surface area contributed by atoms with Crippen molar-refractivity contribution >= 4 is 16.9 Å². The molecule has 1 aliphatic rings. The summed E-state index contributed by atoms with van der Waals surface area (Å²) in [5.74, 6) is 2.25. The number of hydrogen-bond acceptors (Lipinski definition) is 6. The highest BCUT2D eigenvalue weighted by Gasteiger charge is 2.24. The summed E-state index contributed by atoms with van der Waals surface area (Å²) in [4.78, 5) is 20.4. The van der Waals surface area contributed by atoms with Gasteiger partial charge in [-0.15, -0.1) is 0 Å². The third-order valence-electron chi connectivity index (χ3n) is 5.36. The molecule has 1 aliphatic heterocycles. The number of anilines is 1. The lowest BCUT2D eigenvalue weighted by atomic mass is 9.97. The number of rotatable bonds is 4. The van der Waals surface area contributed by atoms with Crippen molar-refractivity contribution in [3.8, 4) is 11.4 Å². The molecule has 5 rings (SSSR count). The summed E-state index contributed by atoms with van der Waals surface area (Å²) in [5.41, 5.74) is 1.82. The van der Waals surface area contributed by atoms with E-state index in [-0.39, 0.29) is 0 Å². The van der Waals surface area contributed by atoms with E-state index < -0.39 is 0 Å². The number of aryl methyl sites for hydroxylation is 1. The molecule has 142 valence electrons. The van der Waals surface area contributed by atoms with Crippen molar-refractivity contribution in [2.24, 2.45) is 13.0 Å². The molecular formula is C20H22N8. The molecule has 0 saturated carbocycles. The van der Waals surface area contributed by atoms with Gasteiger partial charge in [0.2, 0.25) is 0 Å². The van der Waals surface area contributed by atoms with E-state index in [0.29, 0.717) is 11.7 Å². The zero-order chi connectivity index (χ0) is 18.9. The average molecular weight is 374 g/mol. The summed E-state index contributed by atoms with van der Waals surface area (Å²) in [6.45, 7) is 2.95. The summed E-state index contributed by atoms with van der Waals surface area (Å²) in [6, 6.07) is 3.89. The van der Waals surface area contributed by atoms with E-state index in [0.717, 1.165) is 48.5 Å². The molecule has 4 aromatic heterocycles. The van der Waals surface area contributed by atoms with Crippen LogP contribution in [-0.2, 0) is 13.6 Å². The topological polar surface area (TPSA) is 77.5 Å². The average Bonchev–Trinajstić information content (AvgIpc) is 3.38. The molecular weight excluding hydrogens is 352 g/mol. The van der Waals surface area contributed by atoms with Crippen LogP contribution in [0.5, 0.6) is 0 Å². The van der Waals surface area contributed by atoms with Crippen LogP contribution >= 0.6 is 0 Å². The molecule has 0 aromatic carbocycles. The molecule has 1 fully saturated rings. The molecule has 1 saturated heterocycles. The minimum atomic E-state index is 0.564. The van der Waals surface area contributed by atoms with Crippen LogP contribution in [-0.4, -0.2) is 47.4 Å². The smallest absolute Gasteiger partial charge is 0.164 e. The fourth-order valence-corrected chi connectivity index (χ4v) is 3.98. The first-order valence-corrected chi connectivity index (χ1v) is 9.59. The summed E-state index contributed by atoms with van der Waals surface area (Å²) >= 11 is 0. The minimum absolute atomic E-state index is 0.564. The van der Waals surface area contributed by atoms with Gasteiger partial charge in [0.05, 0.1) is 17.9 Å². The number of hydrogen-bond donors (Lipinski definition) is 0. The van der Waals surface area contributed by atoms with Gasteiger partial charge in [0.25, 0.3) is 0 Å². The van der Waals surface area contributed by atoms with Crippen LogP contribution in [0.25, 0.3) is 22.4 Å². The van der Waals surface area contributed by atoms with Gasteiger partial charge in [0.15, 0.2) is 11.5 Å². The van der Waals surface area contributed by atoms with Gasteiger partial charge in [-0.2, -0.15) is 5.10 Å². The molecule has 1 atom stereocenters. The zero-order valence-electron chi connectivity index (χ0n) is 15.8. The van der Waals surface area contributed by atoms with Gasteiger partial charge in [-0.3, -0.25) is 9.67 Å². The van der Waals surface area contributed by atoms with E-state index in [1.165, 1.54) is 6.42 Å². The summed E-state index contributed by atoms with van der Waals surface area (Å²) in [6.07, 6.45) is 13.5. The third-order valence-corrected chi connectivity index (χ3v) is 5.36. The second-order valence-electron chi connectivity index (χ2n) is 7.33. The maximum atomic E-state index is 4.95. The second kappa shape index (κ2) is 7.03. The molecule has 0 bridgehead atoms. The van der Waals surface area contributed by atoms with Crippen LogP contribution in [0.3, 0.4) is 0 Å². The van der Waals surface area contributed by atoms with Crippen molar-refractivity contribution in [1.29, 1.82) is 0 Å². The molecule has 0 radical (unpaired) electrons. The van der Waals surface area contributed by atoms with E-state index in [2.05, 4.69) is 24.5 Å². The van der Waals surface area contributed by atoms with Gasteiger partial charge in [0.1, 0.15) is 5.82 Å². The Balaban J connectivity index is 1.52. The molecule has 0 amide bonds. The Morgan fingerprint density at radius 2 is 2.00 bits per heavy atom. The van der Waals surface area contributed by atoms with E-state index in [9.17, 15) is 0 Å². The fraction of sp³-hybridized carbons (Fsp3) is 0.350. The Labute approximate surface area is 162 Å². The molecule has 8 nitrogen and oxygen atoms in total. The molecule has 0 N–H and O–H groups in total. The summed E-state index contributed by atoms with van der Waals surface area (Å²) < 4.78 is 3.98. The van der Waals surface area contributed by atoms with Gasteiger partial charge >= 0.3 is 0 Å². The first-order chi connectivity index (χ1) is 13.8. The van der Waals surface area contributed by atoms with E-state index >= 15 is 0 Å². The van der Waals surface area contributed by atoms with Crippen molar-refractivity contribution in [1.82, 2.24) is 34.3 Å². The zero-order valence-corrected chi connectivity index (χ0v) is 15.8. The molecule has 0 spiro atoms. The van der Waals surface area contributed by atoms with E-state index in [1.54, 1.807) is 12.4 Å². The van der Waals surface area contributed by atoms with Gasteiger partial charge in [0, 0.05) is 57.0 Å². The molecule has 5 heterocycles. The van der Waals surface area contributed by atoms with Crippen molar-refractivity contribution < 1.29 is 0 Å². The van der Waals surface area contributed by atoms with Crippen LogP contribution in [0, 0.1) is 5.92 Å². The second-order valence-corrected chi connectivity index (χ2v) is 7.33. The normalized spacial score (nSPS) is 17.3. The minimum Gasteiger partial charge on any atom is -0.356 e. The maximum absolute atomic E-state index is 4.95. The maximum Gasteiger partial charge on any atom is 0.164 e. The van der Waals surface area contributed by atoms with E-state index in [4.69, 9.17) is 9.97 Å². The summed E-state index contributed by atoms with van der Waals surface area (Å²) in [5, 5.41) is 5.43. The Kier molecular flexibility index (Phi) is 4.23. The quantitative estimate of drug-likeness (QED) is 0.546. The van der Waals surface area contributed by atoms with Crippen LogP contribution in [0.2, 0.25) is 0 Å². The highest BCUT2D eigenvalue weighted by Crippen LogP contribution is 2.30. The lowest BCUT2D eigenvalue weighted by molar-refractivity contribution is 0.365. The van der Waals surface area contributed by atoms with Crippen LogP contribution in [0.4, 0.5) is 5.82 Å². The number of piperidine rings is 1.